The maximum absolute atomic E-state index is 3.51. The molecule has 0 aliphatic heterocycles. The van der Waals surface area contributed by atoms with Gasteiger partial charge < -0.3 is 5.32 Å². The molecule has 0 radical (unpaired) electrons. The summed E-state index contributed by atoms with van der Waals surface area (Å²) in [6, 6.07) is 0.642. The minimum absolute atomic E-state index is 0.427. The quantitative estimate of drug-likeness (QED) is 0.659. The van der Waals surface area contributed by atoms with Gasteiger partial charge in [-0.15, -0.1) is 0 Å². The monoisotopic (exact) mass is 183 g/mol. The zero-order valence-corrected chi connectivity index (χ0v) is 10.1. The number of rotatable bonds is 1. The Morgan fingerprint density at radius 2 is 1.69 bits per heavy atom. The molecule has 1 nitrogen and oxygen atoms in total. The summed E-state index contributed by atoms with van der Waals surface area (Å²) < 4.78 is 0. The average molecular weight is 183 g/mol. The lowest BCUT2D eigenvalue weighted by atomic mass is 9.57. The summed E-state index contributed by atoms with van der Waals surface area (Å²) in [6.07, 6.45) is 2.72. The van der Waals surface area contributed by atoms with Crippen LogP contribution in [0.1, 0.15) is 47.5 Å². The number of hydrogen-bond donors (Lipinski definition) is 1. The van der Waals surface area contributed by atoms with Crippen LogP contribution in [0.3, 0.4) is 0 Å². The molecule has 1 N–H and O–H groups in total. The van der Waals surface area contributed by atoms with E-state index < -0.39 is 0 Å². The van der Waals surface area contributed by atoms with Gasteiger partial charge in [0.25, 0.3) is 0 Å². The van der Waals surface area contributed by atoms with Crippen molar-refractivity contribution in [3.05, 3.63) is 0 Å². The van der Waals surface area contributed by atoms with E-state index in [0.29, 0.717) is 16.9 Å². The lowest BCUT2D eigenvalue weighted by Gasteiger charge is -2.52. The first-order valence-electron chi connectivity index (χ1n) is 5.49. The average Bonchev–Trinajstić information content (AvgIpc) is 1.98. The van der Waals surface area contributed by atoms with Crippen LogP contribution in [0.2, 0.25) is 0 Å². The number of nitrogens with one attached hydrogen (secondary N) is 1. The molecule has 2 atom stereocenters. The highest BCUT2D eigenvalue weighted by molar-refractivity contribution is 5.00. The first-order chi connectivity index (χ1) is 5.82. The smallest absolute Gasteiger partial charge is 0.0169 e. The van der Waals surface area contributed by atoms with Crippen molar-refractivity contribution in [3.63, 3.8) is 0 Å². The SMILES string of the molecule is CN[C@@H]1C(C)(C)CC[C@@H](C)C1(C)C. The summed E-state index contributed by atoms with van der Waals surface area (Å²) >= 11 is 0. The Balaban J connectivity index is 2.91. The molecule has 1 saturated carbocycles. The van der Waals surface area contributed by atoms with Crippen LogP contribution < -0.4 is 5.32 Å². The van der Waals surface area contributed by atoms with Gasteiger partial charge in [0, 0.05) is 6.04 Å². The molecule has 1 aliphatic carbocycles. The summed E-state index contributed by atoms with van der Waals surface area (Å²) in [5.41, 5.74) is 0.876. The molecule has 0 unspecified atom stereocenters. The summed E-state index contributed by atoms with van der Waals surface area (Å²) in [5.74, 6) is 0.831. The summed E-state index contributed by atoms with van der Waals surface area (Å²) in [6.45, 7) is 12.0. The molecular formula is C12H25N. The molecule has 13 heavy (non-hydrogen) atoms. The molecule has 0 spiro atoms. The van der Waals surface area contributed by atoms with Crippen LogP contribution in [0.15, 0.2) is 0 Å². The molecule has 0 saturated heterocycles. The van der Waals surface area contributed by atoms with Crippen LogP contribution in [0, 0.1) is 16.7 Å². The van der Waals surface area contributed by atoms with Crippen LogP contribution in [-0.4, -0.2) is 13.1 Å². The zero-order valence-electron chi connectivity index (χ0n) is 10.1. The molecule has 0 aromatic rings. The summed E-state index contributed by atoms with van der Waals surface area (Å²) in [4.78, 5) is 0. The second-order valence-corrected chi connectivity index (χ2v) is 5.97. The normalized spacial score (nSPS) is 37.4. The first-order valence-corrected chi connectivity index (χ1v) is 5.49. The van der Waals surface area contributed by atoms with Crippen LogP contribution in [0.5, 0.6) is 0 Å². The van der Waals surface area contributed by atoms with Crippen LogP contribution in [-0.2, 0) is 0 Å². The first kappa shape index (κ1) is 11.0. The highest BCUT2D eigenvalue weighted by Crippen LogP contribution is 2.48. The molecular weight excluding hydrogens is 158 g/mol. The Hall–Kier alpha value is -0.0400. The van der Waals surface area contributed by atoms with Crippen molar-refractivity contribution in [1.29, 1.82) is 0 Å². The molecule has 0 amide bonds. The van der Waals surface area contributed by atoms with Gasteiger partial charge in [-0.05, 0) is 36.6 Å². The fourth-order valence-electron chi connectivity index (χ4n) is 3.16. The van der Waals surface area contributed by atoms with E-state index in [1.165, 1.54) is 12.8 Å². The Kier molecular flexibility index (Phi) is 2.78. The van der Waals surface area contributed by atoms with E-state index in [9.17, 15) is 0 Å². The molecule has 1 fully saturated rings. The zero-order chi connectivity index (χ0) is 10.3. The van der Waals surface area contributed by atoms with Crippen molar-refractivity contribution >= 4 is 0 Å². The minimum atomic E-state index is 0.427. The molecule has 78 valence electrons. The van der Waals surface area contributed by atoms with Gasteiger partial charge in [0.05, 0.1) is 0 Å². The predicted molar refractivity (Wildman–Crippen MR) is 58.8 cm³/mol. The fourth-order valence-corrected chi connectivity index (χ4v) is 3.16. The van der Waals surface area contributed by atoms with Gasteiger partial charge in [-0.1, -0.05) is 34.6 Å². The van der Waals surface area contributed by atoms with Gasteiger partial charge in [0.15, 0.2) is 0 Å². The Bertz CT molecular complexity index is 182. The van der Waals surface area contributed by atoms with Crippen LogP contribution in [0.4, 0.5) is 0 Å². The topological polar surface area (TPSA) is 12.0 Å². The van der Waals surface area contributed by atoms with Gasteiger partial charge in [-0.25, -0.2) is 0 Å². The van der Waals surface area contributed by atoms with E-state index in [1.807, 2.05) is 0 Å². The van der Waals surface area contributed by atoms with E-state index in [0.717, 1.165) is 5.92 Å². The fraction of sp³-hybridized carbons (Fsp3) is 1.00. The summed E-state index contributed by atoms with van der Waals surface area (Å²) in [5, 5.41) is 3.51. The molecule has 1 heteroatoms. The van der Waals surface area contributed by atoms with Gasteiger partial charge in [0.2, 0.25) is 0 Å². The van der Waals surface area contributed by atoms with Crippen molar-refractivity contribution in [1.82, 2.24) is 5.32 Å². The van der Waals surface area contributed by atoms with E-state index in [-0.39, 0.29) is 0 Å². The van der Waals surface area contributed by atoms with Gasteiger partial charge >= 0.3 is 0 Å². The Morgan fingerprint density at radius 1 is 1.15 bits per heavy atom. The van der Waals surface area contributed by atoms with Crippen molar-refractivity contribution in [2.24, 2.45) is 16.7 Å². The van der Waals surface area contributed by atoms with Gasteiger partial charge in [-0.3, -0.25) is 0 Å². The number of hydrogen-bond acceptors (Lipinski definition) is 1. The highest BCUT2D eigenvalue weighted by atomic mass is 14.9. The third kappa shape index (κ3) is 1.76. The van der Waals surface area contributed by atoms with E-state index in [2.05, 4.69) is 47.0 Å². The Labute approximate surface area is 83.3 Å². The van der Waals surface area contributed by atoms with Crippen LogP contribution in [0.25, 0.3) is 0 Å². The molecule has 0 aromatic heterocycles. The third-order valence-corrected chi connectivity index (χ3v) is 4.31. The van der Waals surface area contributed by atoms with E-state index in [4.69, 9.17) is 0 Å². The van der Waals surface area contributed by atoms with Crippen molar-refractivity contribution < 1.29 is 0 Å². The molecule has 0 aromatic carbocycles. The van der Waals surface area contributed by atoms with Gasteiger partial charge in [0.1, 0.15) is 0 Å². The van der Waals surface area contributed by atoms with Crippen molar-refractivity contribution in [2.75, 3.05) is 7.05 Å². The van der Waals surface area contributed by atoms with Crippen LogP contribution >= 0.6 is 0 Å². The second-order valence-electron chi connectivity index (χ2n) is 5.97. The minimum Gasteiger partial charge on any atom is -0.316 e. The van der Waals surface area contributed by atoms with Crippen molar-refractivity contribution in [2.45, 2.75) is 53.5 Å². The molecule has 1 aliphatic rings. The largest absolute Gasteiger partial charge is 0.316 e. The molecule has 0 bridgehead atoms. The standard InChI is InChI=1S/C12H25N/c1-9-7-8-11(2,3)10(13-6)12(9,4)5/h9-10,13H,7-8H2,1-6H3/t9-,10-/m1/s1. The van der Waals surface area contributed by atoms with E-state index >= 15 is 0 Å². The maximum Gasteiger partial charge on any atom is 0.0169 e. The third-order valence-electron chi connectivity index (χ3n) is 4.31. The predicted octanol–water partition coefficient (Wildman–Crippen LogP) is 3.06. The summed E-state index contributed by atoms with van der Waals surface area (Å²) in [7, 11) is 2.10. The molecule has 1 rings (SSSR count). The van der Waals surface area contributed by atoms with Gasteiger partial charge in [-0.2, -0.15) is 0 Å². The van der Waals surface area contributed by atoms with E-state index in [1.54, 1.807) is 0 Å². The van der Waals surface area contributed by atoms with Crippen molar-refractivity contribution in [3.8, 4) is 0 Å². The Morgan fingerprint density at radius 3 is 2.08 bits per heavy atom. The lowest BCUT2D eigenvalue weighted by molar-refractivity contribution is 0.00906. The second kappa shape index (κ2) is 3.27. The highest BCUT2D eigenvalue weighted by Gasteiger charge is 2.46. The maximum atomic E-state index is 3.51. The molecule has 0 heterocycles. The lowest BCUT2D eigenvalue weighted by Crippen LogP contribution is -2.55.